The number of hydrogen-bond donors (Lipinski definition) is 0. The van der Waals surface area contributed by atoms with Gasteiger partial charge in [-0.2, -0.15) is 0 Å². The van der Waals surface area contributed by atoms with Crippen molar-refractivity contribution in [2.45, 2.75) is 26.2 Å². The predicted molar refractivity (Wildman–Crippen MR) is 88.3 cm³/mol. The van der Waals surface area contributed by atoms with Crippen LogP contribution in [0.3, 0.4) is 0 Å². The van der Waals surface area contributed by atoms with Crippen LogP contribution in [0.25, 0.3) is 6.08 Å². The highest BCUT2D eigenvalue weighted by Crippen LogP contribution is 2.37. The molecule has 1 fully saturated rings. The van der Waals surface area contributed by atoms with Crippen LogP contribution in [0.4, 0.5) is 0 Å². The van der Waals surface area contributed by atoms with Gasteiger partial charge in [-0.1, -0.05) is 24.4 Å². The largest absolute Gasteiger partial charge is 0.493 e. The minimum absolute atomic E-state index is 0.0932. The van der Waals surface area contributed by atoms with Gasteiger partial charge in [0.2, 0.25) is 0 Å². The molecule has 3 nitrogen and oxygen atoms in total. The normalized spacial score (nSPS) is 19.8. The van der Waals surface area contributed by atoms with E-state index >= 15 is 0 Å². The van der Waals surface area contributed by atoms with Crippen molar-refractivity contribution in [2.75, 3.05) is 13.7 Å². The summed E-state index contributed by atoms with van der Waals surface area (Å²) in [4.78, 5) is 12.2. The lowest BCUT2D eigenvalue weighted by Crippen LogP contribution is -2.18. The molecule has 0 radical (unpaired) electrons. The first-order chi connectivity index (χ1) is 10.6. The van der Waals surface area contributed by atoms with Crippen LogP contribution >= 0.6 is 11.6 Å². The van der Waals surface area contributed by atoms with Crippen LogP contribution in [0.15, 0.2) is 17.7 Å². The Balaban J connectivity index is 2.35. The second kappa shape index (κ2) is 7.38. The van der Waals surface area contributed by atoms with E-state index in [1.807, 2.05) is 13.0 Å². The van der Waals surface area contributed by atoms with Crippen molar-refractivity contribution in [2.24, 2.45) is 5.92 Å². The molecule has 0 heterocycles. The highest BCUT2D eigenvalue weighted by Gasteiger charge is 2.22. The summed E-state index contributed by atoms with van der Waals surface area (Å²) in [7, 11) is 1.54. The lowest BCUT2D eigenvalue weighted by atomic mass is 9.84. The van der Waals surface area contributed by atoms with Crippen molar-refractivity contribution in [1.29, 1.82) is 0 Å². The van der Waals surface area contributed by atoms with E-state index in [2.05, 4.69) is 5.92 Å². The van der Waals surface area contributed by atoms with E-state index in [0.29, 0.717) is 16.5 Å². The van der Waals surface area contributed by atoms with Crippen molar-refractivity contribution in [3.8, 4) is 23.8 Å². The summed E-state index contributed by atoms with van der Waals surface area (Å²) < 4.78 is 10.7. The number of ketones is 1. The number of halogens is 1. The lowest BCUT2D eigenvalue weighted by Gasteiger charge is -2.19. The van der Waals surface area contributed by atoms with Gasteiger partial charge < -0.3 is 9.47 Å². The topological polar surface area (TPSA) is 35.5 Å². The van der Waals surface area contributed by atoms with Crippen molar-refractivity contribution in [3.63, 3.8) is 0 Å². The van der Waals surface area contributed by atoms with Crippen LogP contribution in [0, 0.1) is 18.3 Å². The average molecular weight is 319 g/mol. The highest BCUT2D eigenvalue weighted by atomic mass is 35.5. The van der Waals surface area contributed by atoms with Gasteiger partial charge in [0.15, 0.2) is 17.3 Å². The van der Waals surface area contributed by atoms with Gasteiger partial charge in [-0.05, 0) is 48.6 Å². The van der Waals surface area contributed by atoms with Gasteiger partial charge >= 0.3 is 0 Å². The molecule has 0 unspecified atom stereocenters. The highest BCUT2D eigenvalue weighted by molar-refractivity contribution is 6.32. The number of rotatable bonds is 4. The maximum absolute atomic E-state index is 12.2. The van der Waals surface area contributed by atoms with Crippen LogP contribution in [0.1, 0.15) is 31.7 Å². The molecule has 0 aliphatic heterocycles. The van der Waals surface area contributed by atoms with Gasteiger partial charge in [-0.15, -0.1) is 6.42 Å². The summed E-state index contributed by atoms with van der Waals surface area (Å²) in [6, 6.07) is 3.56. The Morgan fingerprint density at radius 2 is 2.27 bits per heavy atom. The first-order valence-corrected chi connectivity index (χ1v) is 7.63. The second-order valence-corrected chi connectivity index (χ2v) is 5.76. The zero-order valence-electron chi connectivity index (χ0n) is 12.8. The molecule has 22 heavy (non-hydrogen) atoms. The monoisotopic (exact) mass is 318 g/mol. The number of carbonyl (C=O) groups excluding carboxylic acids is 1. The number of ether oxygens (including phenoxy) is 2. The van der Waals surface area contributed by atoms with E-state index in [4.69, 9.17) is 27.5 Å². The summed E-state index contributed by atoms with van der Waals surface area (Å²) in [5, 5.41) is 0.415. The molecule has 1 aromatic carbocycles. The first kappa shape index (κ1) is 16.5. The molecular formula is C18H19ClO3. The molecule has 1 saturated carbocycles. The summed E-state index contributed by atoms with van der Waals surface area (Å²) >= 11 is 6.24. The van der Waals surface area contributed by atoms with Crippen molar-refractivity contribution >= 4 is 23.5 Å². The molecule has 0 aromatic heterocycles. The van der Waals surface area contributed by atoms with Crippen molar-refractivity contribution in [3.05, 3.63) is 28.3 Å². The molecular weight excluding hydrogens is 300 g/mol. The quantitative estimate of drug-likeness (QED) is 0.618. The van der Waals surface area contributed by atoms with Crippen LogP contribution < -0.4 is 9.47 Å². The lowest BCUT2D eigenvalue weighted by molar-refractivity contribution is -0.119. The van der Waals surface area contributed by atoms with E-state index in [1.54, 1.807) is 19.2 Å². The molecule has 1 aliphatic rings. The molecule has 0 amide bonds. The van der Waals surface area contributed by atoms with Gasteiger partial charge in [0.25, 0.3) is 0 Å². The third-order valence-corrected chi connectivity index (χ3v) is 4.02. The van der Waals surface area contributed by atoms with Gasteiger partial charge in [0, 0.05) is 5.92 Å². The number of terminal acetylenes is 1. The van der Waals surface area contributed by atoms with E-state index in [-0.39, 0.29) is 18.3 Å². The standard InChI is InChI=1S/C18H19ClO3/c1-4-8-22-18-15(19)10-13(11-16(18)21-3)9-14-7-5-6-12(2)17(14)20/h1,9-12H,5-8H2,2-3H3/b14-9+/t12-/m0/s1. The Morgan fingerprint density at radius 1 is 1.50 bits per heavy atom. The Hall–Kier alpha value is -1.92. The van der Waals surface area contributed by atoms with Gasteiger partial charge in [0.05, 0.1) is 12.1 Å². The van der Waals surface area contributed by atoms with Crippen molar-refractivity contribution in [1.82, 2.24) is 0 Å². The summed E-state index contributed by atoms with van der Waals surface area (Å²) in [6.45, 7) is 2.09. The molecule has 1 aromatic rings. The molecule has 0 spiro atoms. The summed E-state index contributed by atoms with van der Waals surface area (Å²) in [5.74, 6) is 3.63. The van der Waals surface area contributed by atoms with Gasteiger partial charge in [0.1, 0.15) is 6.61 Å². The molecule has 0 saturated heterocycles. The molecule has 2 rings (SSSR count). The van der Waals surface area contributed by atoms with E-state index in [1.165, 1.54) is 0 Å². The molecule has 0 bridgehead atoms. The number of methoxy groups -OCH3 is 1. The molecule has 0 N–H and O–H groups in total. The first-order valence-electron chi connectivity index (χ1n) is 7.25. The number of allylic oxidation sites excluding steroid dienone is 1. The number of benzene rings is 1. The Morgan fingerprint density at radius 3 is 2.95 bits per heavy atom. The number of hydrogen-bond acceptors (Lipinski definition) is 3. The summed E-state index contributed by atoms with van der Waals surface area (Å²) in [5.41, 5.74) is 1.67. The van der Waals surface area contributed by atoms with Crippen LogP contribution in [0.5, 0.6) is 11.5 Å². The zero-order chi connectivity index (χ0) is 16.1. The van der Waals surface area contributed by atoms with Crippen molar-refractivity contribution < 1.29 is 14.3 Å². The number of Topliss-reactive ketones (excluding diaryl/α,β-unsaturated/α-hetero) is 1. The fourth-order valence-corrected chi connectivity index (χ4v) is 2.86. The minimum Gasteiger partial charge on any atom is -0.493 e. The Labute approximate surface area is 136 Å². The maximum Gasteiger partial charge on any atom is 0.181 e. The van der Waals surface area contributed by atoms with E-state index in [9.17, 15) is 4.79 Å². The smallest absolute Gasteiger partial charge is 0.181 e. The third kappa shape index (κ3) is 3.64. The Kier molecular flexibility index (Phi) is 5.51. The third-order valence-electron chi connectivity index (χ3n) is 3.74. The van der Waals surface area contributed by atoms with Crippen LogP contribution in [0.2, 0.25) is 5.02 Å². The fraction of sp³-hybridized carbons (Fsp3) is 0.389. The molecule has 4 heteroatoms. The predicted octanol–water partition coefficient (Wildman–Crippen LogP) is 4.13. The Bertz CT molecular complexity index is 640. The van der Waals surface area contributed by atoms with E-state index < -0.39 is 0 Å². The minimum atomic E-state index is 0.0932. The zero-order valence-corrected chi connectivity index (χ0v) is 13.6. The van der Waals surface area contributed by atoms with Gasteiger partial charge in [-0.25, -0.2) is 0 Å². The SMILES string of the molecule is C#CCOc1c(Cl)cc(/C=C2\CCC[C@H](C)C2=O)cc1OC. The fourth-order valence-electron chi connectivity index (χ4n) is 2.59. The molecule has 1 aliphatic carbocycles. The van der Waals surface area contributed by atoms with Crippen LogP contribution in [-0.2, 0) is 4.79 Å². The van der Waals surface area contributed by atoms with Gasteiger partial charge in [-0.3, -0.25) is 4.79 Å². The molecule has 1 atom stereocenters. The maximum atomic E-state index is 12.2. The van der Waals surface area contributed by atoms with E-state index in [0.717, 1.165) is 30.4 Å². The number of carbonyl (C=O) groups is 1. The second-order valence-electron chi connectivity index (χ2n) is 5.35. The van der Waals surface area contributed by atoms with Crippen LogP contribution in [-0.4, -0.2) is 19.5 Å². The summed E-state index contributed by atoms with van der Waals surface area (Å²) in [6.07, 6.45) is 9.88. The average Bonchev–Trinajstić information content (AvgIpc) is 2.50. The molecule has 116 valence electrons.